The van der Waals surface area contributed by atoms with Gasteiger partial charge >= 0.3 is 0 Å². The molecule has 14 heavy (non-hydrogen) atoms. The van der Waals surface area contributed by atoms with Crippen molar-refractivity contribution in [3.63, 3.8) is 0 Å². The van der Waals surface area contributed by atoms with Crippen LogP contribution in [-0.2, 0) is 5.75 Å². The van der Waals surface area contributed by atoms with Crippen molar-refractivity contribution in [1.29, 1.82) is 0 Å². The molecule has 0 aliphatic heterocycles. The van der Waals surface area contributed by atoms with Crippen molar-refractivity contribution in [2.45, 2.75) is 10.6 Å². The molecule has 0 radical (unpaired) electrons. The van der Waals surface area contributed by atoms with Gasteiger partial charge in [0, 0.05) is 23.0 Å². The van der Waals surface area contributed by atoms with Crippen LogP contribution in [0.5, 0.6) is 0 Å². The maximum Gasteiger partial charge on any atom is 0.0278 e. The van der Waals surface area contributed by atoms with Crippen LogP contribution in [0, 0.1) is 0 Å². The van der Waals surface area contributed by atoms with Crippen molar-refractivity contribution in [1.82, 2.24) is 4.98 Å². The van der Waals surface area contributed by atoms with Crippen LogP contribution >= 0.6 is 11.8 Å². The number of thioether (sulfide) groups is 1. The van der Waals surface area contributed by atoms with E-state index in [1.54, 1.807) is 0 Å². The predicted molar refractivity (Wildman–Crippen MR) is 60.2 cm³/mol. The van der Waals surface area contributed by atoms with Crippen molar-refractivity contribution < 1.29 is 0 Å². The van der Waals surface area contributed by atoms with Gasteiger partial charge in [-0.05, 0) is 17.7 Å². The van der Waals surface area contributed by atoms with Gasteiger partial charge in [0.25, 0.3) is 0 Å². The van der Waals surface area contributed by atoms with E-state index in [9.17, 15) is 0 Å². The zero-order chi connectivity index (χ0) is 9.64. The Labute approximate surface area is 88.2 Å². The Hall–Kier alpha value is -1.28. The van der Waals surface area contributed by atoms with E-state index in [1.165, 1.54) is 10.5 Å². The van der Waals surface area contributed by atoms with E-state index < -0.39 is 0 Å². The Morgan fingerprint density at radius 3 is 2.36 bits per heavy atom. The molecule has 1 aromatic heterocycles. The standard InChI is InChI=1S/C12H11NS/c1-2-4-11(5-3-1)10-14-12-6-8-13-9-7-12/h1-9H,10H2. The minimum Gasteiger partial charge on any atom is -0.265 e. The lowest BCUT2D eigenvalue weighted by molar-refractivity contribution is 1.26. The SMILES string of the molecule is c1ccc(CSc2ccncc2)cc1. The summed E-state index contributed by atoms with van der Waals surface area (Å²) in [5.41, 5.74) is 1.36. The highest BCUT2D eigenvalue weighted by Gasteiger charge is 1.93. The van der Waals surface area contributed by atoms with E-state index in [0.717, 1.165) is 5.75 Å². The lowest BCUT2D eigenvalue weighted by Crippen LogP contribution is -1.79. The van der Waals surface area contributed by atoms with Crippen LogP contribution in [0.25, 0.3) is 0 Å². The summed E-state index contributed by atoms with van der Waals surface area (Å²) >= 11 is 1.83. The van der Waals surface area contributed by atoms with Gasteiger partial charge in [0.15, 0.2) is 0 Å². The maximum atomic E-state index is 3.99. The molecule has 1 nitrogen and oxygen atoms in total. The number of benzene rings is 1. The number of hydrogen-bond donors (Lipinski definition) is 0. The molecule has 2 aromatic rings. The van der Waals surface area contributed by atoms with Gasteiger partial charge in [-0.15, -0.1) is 11.8 Å². The molecule has 0 fully saturated rings. The first-order valence-electron chi connectivity index (χ1n) is 4.52. The Balaban J connectivity index is 1.96. The van der Waals surface area contributed by atoms with Gasteiger partial charge in [-0.3, -0.25) is 4.98 Å². The molecule has 0 N–H and O–H groups in total. The van der Waals surface area contributed by atoms with Crippen LogP contribution in [0.2, 0.25) is 0 Å². The van der Waals surface area contributed by atoms with Gasteiger partial charge in [-0.1, -0.05) is 30.3 Å². The number of aromatic nitrogens is 1. The van der Waals surface area contributed by atoms with Crippen LogP contribution in [0.15, 0.2) is 59.8 Å². The summed E-state index contributed by atoms with van der Waals surface area (Å²) in [4.78, 5) is 5.25. The van der Waals surface area contributed by atoms with E-state index in [-0.39, 0.29) is 0 Å². The van der Waals surface area contributed by atoms with Gasteiger partial charge in [0.05, 0.1) is 0 Å². The van der Waals surface area contributed by atoms with Gasteiger partial charge < -0.3 is 0 Å². The fourth-order valence-electron chi connectivity index (χ4n) is 1.18. The third kappa shape index (κ3) is 2.60. The summed E-state index contributed by atoms with van der Waals surface area (Å²) in [5, 5.41) is 0. The molecular weight excluding hydrogens is 190 g/mol. The highest BCUT2D eigenvalue weighted by Crippen LogP contribution is 2.21. The van der Waals surface area contributed by atoms with Crippen LogP contribution in [0.3, 0.4) is 0 Å². The van der Waals surface area contributed by atoms with Crippen LogP contribution in [-0.4, -0.2) is 4.98 Å². The van der Waals surface area contributed by atoms with E-state index in [1.807, 2.05) is 42.4 Å². The predicted octanol–water partition coefficient (Wildman–Crippen LogP) is 3.37. The third-order valence-electron chi connectivity index (χ3n) is 1.90. The highest BCUT2D eigenvalue weighted by atomic mass is 32.2. The Morgan fingerprint density at radius 1 is 0.929 bits per heavy atom. The highest BCUT2D eigenvalue weighted by molar-refractivity contribution is 7.98. The second kappa shape index (κ2) is 4.82. The molecule has 70 valence electrons. The third-order valence-corrected chi connectivity index (χ3v) is 2.98. The first-order chi connectivity index (χ1) is 6.95. The Kier molecular flexibility index (Phi) is 3.19. The molecule has 0 unspecified atom stereocenters. The topological polar surface area (TPSA) is 12.9 Å². The van der Waals surface area contributed by atoms with Gasteiger partial charge in [-0.25, -0.2) is 0 Å². The first kappa shape index (κ1) is 9.28. The number of nitrogens with zero attached hydrogens (tertiary/aromatic N) is 1. The molecule has 0 atom stereocenters. The minimum atomic E-state index is 1.02. The fourth-order valence-corrected chi connectivity index (χ4v) is 2.02. The zero-order valence-electron chi connectivity index (χ0n) is 7.76. The Bertz CT molecular complexity index is 333. The summed E-state index contributed by atoms with van der Waals surface area (Å²) in [5.74, 6) is 1.02. The second-order valence-electron chi connectivity index (χ2n) is 2.96. The summed E-state index contributed by atoms with van der Waals surface area (Å²) in [7, 11) is 0. The monoisotopic (exact) mass is 201 g/mol. The van der Waals surface area contributed by atoms with Crippen molar-refractivity contribution in [2.24, 2.45) is 0 Å². The molecule has 0 aliphatic rings. The number of pyridine rings is 1. The average molecular weight is 201 g/mol. The molecule has 1 aromatic carbocycles. The molecule has 0 amide bonds. The summed E-state index contributed by atoms with van der Waals surface area (Å²) in [6.07, 6.45) is 3.65. The van der Waals surface area contributed by atoms with Crippen molar-refractivity contribution >= 4 is 11.8 Å². The van der Waals surface area contributed by atoms with E-state index >= 15 is 0 Å². The Morgan fingerprint density at radius 2 is 1.64 bits per heavy atom. The molecule has 0 saturated heterocycles. The largest absolute Gasteiger partial charge is 0.265 e. The lowest BCUT2D eigenvalue weighted by Gasteiger charge is -2.00. The van der Waals surface area contributed by atoms with Crippen LogP contribution in [0.4, 0.5) is 0 Å². The number of hydrogen-bond acceptors (Lipinski definition) is 2. The fraction of sp³-hybridized carbons (Fsp3) is 0.0833. The first-order valence-corrected chi connectivity index (χ1v) is 5.50. The van der Waals surface area contributed by atoms with Crippen molar-refractivity contribution in [2.75, 3.05) is 0 Å². The van der Waals surface area contributed by atoms with E-state index in [0.29, 0.717) is 0 Å². The molecule has 2 rings (SSSR count). The summed E-state index contributed by atoms with van der Waals surface area (Å²) < 4.78 is 0. The summed E-state index contributed by atoms with van der Waals surface area (Å²) in [6, 6.07) is 14.6. The van der Waals surface area contributed by atoms with E-state index in [2.05, 4.69) is 29.2 Å². The molecule has 0 aliphatic carbocycles. The number of rotatable bonds is 3. The molecule has 0 saturated carbocycles. The molecule has 1 heterocycles. The lowest BCUT2D eigenvalue weighted by atomic mass is 10.2. The minimum absolute atomic E-state index is 1.02. The average Bonchev–Trinajstić information content (AvgIpc) is 2.29. The quantitative estimate of drug-likeness (QED) is 0.706. The zero-order valence-corrected chi connectivity index (χ0v) is 8.58. The van der Waals surface area contributed by atoms with Gasteiger partial charge in [-0.2, -0.15) is 0 Å². The second-order valence-corrected chi connectivity index (χ2v) is 4.01. The molecule has 0 bridgehead atoms. The van der Waals surface area contributed by atoms with Crippen molar-refractivity contribution in [3.8, 4) is 0 Å². The molecular formula is C12H11NS. The smallest absolute Gasteiger partial charge is 0.0278 e. The van der Waals surface area contributed by atoms with Crippen LogP contribution in [0.1, 0.15) is 5.56 Å². The van der Waals surface area contributed by atoms with Gasteiger partial charge in [0.2, 0.25) is 0 Å². The molecule has 0 spiro atoms. The summed E-state index contributed by atoms with van der Waals surface area (Å²) in [6.45, 7) is 0. The van der Waals surface area contributed by atoms with E-state index in [4.69, 9.17) is 0 Å². The maximum absolute atomic E-state index is 3.99. The van der Waals surface area contributed by atoms with Crippen molar-refractivity contribution in [3.05, 3.63) is 60.4 Å². The normalized spacial score (nSPS) is 10.0. The van der Waals surface area contributed by atoms with Gasteiger partial charge in [0.1, 0.15) is 0 Å². The van der Waals surface area contributed by atoms with Crippen LogP contribution < -0.4 is 0 Å². The molecule has 2 heteroatoms.